The molecular formula is C23H18Cl2FN3. The van der Waals surface area contributed by atoms with Gasteiger partial charge in [0.05, 0.1) is 12.8 Å². The van der Waals surface area contributed by atoms with Gasteiger partial charge in [-0.15, -0.1) is 0 Å². The van der Waals surface area contributed by atoms with Crippen molar-refractivity contribution in [1.82, 2.24) is 9.99 Å². The van der Waals surface area contributed by atoms with Crippen LogP contribution in [0.2, 0.25) is 10.0 Å². The molecule has 0 aliphatic carbocycles. The summed E-state index contributed by atoms with van der Waals surface area (Å²) in [6, 6.07) is 20.1. The fraction of sp³-hybridized carbons (Fsp3) is 0.0870. The van der Waals surface area contributed by atoms with E-state index < -0.39 is 0 Å². The van der Waals surface area contributed by atoms with E-state index in [2.05, 4.69) is 27.2 Å². The van der Waals surface area contributed by atoms with Crippen LogP contribution in [0.3, 0.4) is 0 Å². The molecular weight excluding hydrogens is 408 g/mol. The molecule has 0 aliphatic rings. The molecule has 0 amide bonds. The number of fused-ring (bicyclic) bond motifs is 1. The van der Waals surface area contributed by atoms with Crippen LogP contribution in [0.1, 0.15) is 16.7 Å². The lowest BCUT2D eigenvalue weighted by Gasteiger charge is -2.05. The molecule has 29 heavy (non-hydrogen) atoms. The molecule has 4 rings (SSSR count). The lowest BCUT2D eigenvalue weighted by atomic mass is 10.2. The van der Waals surface area contributed by atoms with Crippen LogP contribution in [0.25, 0.3) is 10.9 Å². The second-order valence-electron chi connectivity index (χ2n) is 6.65. The fourth-order valence-corrected chi connectivity index (χ4v) is 3.77. The van der Waals surface area contributed by atoms with Crippen LogP contribution in [0, 0.1) is 5.82 Å². The van der Waals surface area contributed by atoms with Crippen molar-refractivity contribution in [1.29, 1.82) is 0 Å². The smallest absolute Gasteiger partial charge is 0.123 e. The standard InChI is InChI=1S/C23H18Cl2FN3/c24-21-5-3-6-22(25)20(21)13-28-27-12-17-15-29(23-7-2-1-4-19(17)23)14-16-8-10-18(26)11-9-16/h1-12,15,28H,13-14H2/b27-12-. The molecule has 0 aliphatic heterocycles. The molecule has 0 radical (unpaired) electrons. The summed E-state index contributed by atoms with van der Waals surface area (Å²) in [5.74, 6) is -0.233. The highest BCUT2D eigenvalue weighted by atomic mass is 35.5. The summed E-state index contributed by atoms with van der Waals surface area (Å²) in [5.41, 5.74) is 6.93. The van der Waals surface area contributed by atoms with Crippen molar-refractivity contribution < 1.29 is 4.39 Å². The number of benzene rings is 3. The average molecular weight is 426 g/mol. The topological polar surface area (TPSA) is 29.3 Å². The van der Waals surface area contributed by atoms with Crippen LogP contribution in [0.4, 0.5) is 4.39 Å². The maximum Gasteiger partial charge on any atom is 0.123 e. The Bertz CT molecular complexity index is 1150. The number of para-hydroxylation sites is 1. The largest absolute Gasteiger partial charge is 0.342 e. The first-order valence-corrected chi connectivity index (χ1v) is 9.88. The summed E-state index contributed by atoms with van der Waals surface area (Å²) in [4.78, 5) is 0. The van der Waals surface area contributed by atoms with Gasteiger partial charge in [0.15, 0.2) is 0 Å². The zero-order chi connectivity index (χ0) is 20.2. The Kier molecular flexibility index (Phi) is 5.84. The van der Waals surface area contributed by atoms with E-state index in [4.69, 9.17) is 23.2 Å². The molecule has 1 N–H and O–H groups in total. The molecule has 1 aromatic heterocycles. The first kappa shape index (κ1) is 19.5. The van der Waals surface area contributed by atoms with Gasteiger partial charge < -0.3 is 9.99 Å². The quantitative estimate of drug-likeness (QED) is 0.286. The van der Waals surface area contributed by atoms with Crippen LogP contribution >= 0.6 is 23.2 Å². The lowest BCUT2D eigenvalue weighted by Crippen LogP contribution is -2.06. The molecule has 4 aromatic rings. The minimum absolute atomic E-state index is 0.233. The second-order valence-corrected chi connectivity index (χ2v) is 7.46. The van der Waals surface area contributed by atoms with Gasteiger partial charge in [-0.3, -0.25) is 0 Å². The third kappa shape index (κ3) is 4.44. The molecule has 6 heteroatoms. The predicted octanol–water partition coefficient (Wildman–Crippen LogP) is 6.26. The molecule has 0 bridgehead atoms. The zero-order valence-electron chi connectivity index (χ0n) is 15.4. The molecule has 0 saturated heterocycles. The minimum atomic E-state index is -0.233. The van der Waals surface area contributed by atoms with E-state index >= 15 is 0 Å². The predicted molar refractivity (Wildman–Crippen MR) is 118 cm³/mol. The number of hydrogen-bond acceptors (Lipinski definition) is 2. The average Bonchev–Trinajstić information content (AvgIpc) is 3.06. The van der Waals surface area contributed by atoms with E-state index in [1.165, 1.54) is 12.1 Å². The Hall–Kier alpha value is -2.82. The molecule has 0 spiro atoms. The molecule has 0 saturated carbocycles. The Morgan fingerprint density at radius 1 is 0.931 bits per heavy atom. The Balaban J connectivity index is 1.54. The number of hydrazone groups is 1. The van der Waals surface area contributed by atoms with Gasteiger partial charge in [-0.05, 0) is 35.9 Å². The van der Waals surface area contributed by atoms with Gasteiger partial charge in [0.2, 0.25) is 0 Å². The van der Waals surface area contributed by atoms with Crippen LogP contribution in [-0.4, -0.2) is 10.8 Å². The molecule has 1 heterocycles. The van der Waals surface area contributed by atoms with E-state index in [0.717, 1.165) is 27.6 Å². The van der Waals surface area contributed by atoms with Crippen molar-refractivity contribution in [3.8, 4) is 0 Å². The Morgan fingerprint density at radius 3 is 2.41 bits per heavy atom. The van der Waals surface area contributed by atoms with Crippen molar-refractivity contribution >= 4 is 40.3 Å². The first-order valence-electron chi connectivity index (χ1n) is 9.13. The number of rotatable bonds is 6. The maximum absolute atomic E-state index is 13.2. The normalized spacial score (nSPS) is 11.4. The number of nitrogens with zero attached hydrogens (tertiary/aromatic N) is 2. The highest BCUT2D eigenvalue weighted by Gasteiger charge is 2.08. The third-order valence-electron chi connectivity index (χ3n) is 4.70. The van der Waals surface area contributed by atoms with Crippen LogP contribution in [0.5, 0.6) is 0 Å². The summed E-state index contributed by atoms with van der Waals surface area (Å²) >= 11 is 12.4. The summed E-state index contributed by atoms with van der Waals surface area (Å²) in [7, 11) is 0. The van der Waals surface area contributed by atoms with E-state index in [9.17, 15) is 4.39 Å². The SMILES string of the molecule is Fc1ccc(Cn2cc(/C=N\NCc3c(Cl)cccc3Cl)c3ccccc32)cc1. The molecule has 0 unspecified atom stereocenters. The first-order chi connectivity index (χ1) is 14.1. The van der Waals surface area contributed by atoms with Gasteiger partial charge >= 0.3 is 0 Å². The number of hydrogen-bond donors (Lipinski definition) is 1. The van der Waals surface area contributed by atoms with Crippen molar-refractivity contribution in [2.45, 2.75) is 13.1 Å². The van der Waals surface area contributed by atoms with Gasteiger partial charge in [0, 0.05) is 44.8 Å². The fourth-order valence-electron chi connectivity index (χ4n) is 3.24. The van der Waals surface area contributed by atoms with Gasteiger partial charge in [0.1, 0.15) is 5.82 Å². The monoisotopic (exact) mass is 425 g/mol. The minimum Gasteiger partial charge on any atom is -0.342 e. The molecule has 146 valence electrons. The van der Waals surface area contributed by atoms with Crippen LogP contribution in [-0.2, 0) is 13.1 Å². The summed E-state index contributed by atoms with van der Waals surface area (Å²) in [5, 5.41) is 6.65. The van der Waals surface area contributed by atoms with Crippen molar-refractivity contribution in [3.05, 3.63) is 105 Å². The highest BCUT2D eigenvalue weighted by Crippen LogP contribution is 2.24. The number of halogens is 3. The Labute approximate surface area is 178 Å². The molecule has 0 fully saturated rings. The van der Waals surface area contributed by atoms with E-state index in [-0.39, 0.29) is 5.82 Å². The third-order valence-corrected chi connectivity index (χ3v) is 5.41. The molecule has 3 aromatic carbocycles. The Morgan fingerprint density at radius 2 is 1.66 bits per heavy atom. The van der Waals surface area contributed by atoms with E-state index in [0.29, 0.717) is 23.1 Å². The van der Waals surface area contributed by atoms with Gasteiger partial charge in [-0.2, -0.15) is 5.10 Å². The van der Waals surface area contributed by atoms with Crippen molar-refractivity contribution in [2.24, 2.45) is 5.10 Å². The van der Waals surface area contributed by atoms with Gasteiger partial charge in [-0.25, -0.2) is 4.39 Å². The summed E-state index contributed by atoms with van der Waals surface area (Å²) < 4.78 is 15.3. The van der Waals surface area contributed by atoms with E-state index in [1.807, 2.05) is 24.4 Å². The lowest BCUT2D eigenvalue weighted by molar-refractivity contribution is 0.626. The van der Waals surface area contributed by atoms with Gasteiger partial charge in [0.25, 0.3) is 0 Å². The zero-order valence-corrected chi connectivity index (χ0v) is 17.0. The summed E-state index contributed by atoms with van der Waals surface area (Å²) in [6.07, 6.45) is 3.83. The number of nitrogens with one attached hydrogen (secondary N) is 1. The molecule has 3 nitrogen and oxygen atoms in total. The van der Waals surface area contributed by atoms with Crippen LogP contribution in [0.15, 0.2) is 78.0 Å². The molecule has 0 atom stereocenters. The maximum atomic E-state index is 13.2. The van der Waals surface area contributed by atoms with Crippen LogP contribution < -0.4 is 5.43 Å². The highest BCUT2D eigenvalue weighted by molar-refractivity contribution is 6.35. The second kappa shape index (κ2) is 8.68. The number of aromatic nitrogens is 1. The van der Waals surface area contributed by atoms with Crippen molar-refractivity contribution in [2.75, 3.05) is 0 Å². The van der Waals surface area contributed by atoms with Crippen molar-refractivity contribution in [3.63, 3.8) is 0 Å². The van der Waals surface area contributed by atoms with Gasteiger partial charge in [-0.1, -0.05) is 59.6 Å². The van der Waals surface area contributed by atoms with E-state index in [1.54, 1.807) is 30.5 Å². The summed E-state index contributed by atoms with van der Waals surface area (Å²) in [6.45, 7) is 1.08.